The van der Waals surface area contributed by atoms with Crippen LogP contribution in [0, 0.1) is 0 Å². The van der Waals surface area contributed by atoms with Crippen LogP contribution in [0.1, 0.15) is 18.1 Å². The lowest BCUT2D eigenvalue weighted by Crippen LogP contribution is -2.00. The van der Waals surface area contributed by atoms with Crippen LogP contribution < -0.4 is 4.74 Å². The molecular weight excluding hydrogens is 200 g/mol. The Bertz CT molecular complexity index is 449. The first kappa shape index (κ1) is 10.7. The number of aromatic nitrogens is 2. The Hall–Kier alpha value is -1.77. The van der Waals surface area contributed by atoms with Gasteiger partial charge in [0, 0.05) is 18.0 Å². The summed E-state index contributed by atoms with van der Waals surface area (Å²) in [5, 5.41) is 0. The Kier molecular flexibility index (Phi) is 3.25. The van der Waals surface area contributed by atoms with E-state index < -0.39 is 0 Å². The molecule has 0 spiro atoms. The number of benzene rings is 1. The number of hydrogen-bond donors (Lipinski definition) is 0. The zero-order valence-corrected chi connectivity index (χ0v) is 9.68. The second kappa shape index (κ2) is 4.84. The minimum Gasteiger partial charge on any atom is -0.496 e. The molecule has 0 saturated heterocycles. The highest BCUT2D eigenvalue weighted by atomic mass is 16.5. The van der Waals surface area contributed by atoms with E-state index in [1.54, 1.807) is 13.3 Å². The molecule has 0 bridgehead atoms. The number of methoxy groups -OCH3 is 1. The Morgan fingerprint density at radius 2 is 2.25 bits per heavy atom. The minimum atomic E-state index is 0.803. The molecule has 16 heavy (non-hydrogen) atoms. The van der Waals surface area contributed by atoms with Crippen LogP contribution in [-0.4, -0.2) is 16.7 Å². The molecule has 3 heteroatoms. The molecule has 0 N–H and O–H groups in total. The first-order valence-electron chi connectivity index (χ1n) is 5.45. The molecule has 1 aromatic heterocycles. The number of aryl methyl sites for hydroxylation is 1. The van der Waals surface area contributed by atoms with E-state index in [1.165, 1.54) is 11.1 Å². The van der Waals surface area contributed by atoms with Crippen molar-refractivity contribution in [2.45, 2.75) is 19.9 Å². The fraction of sp³-hybridized carbons (Fsp3) is 0.308. The van der Waals surface area contributed by atoms with Crippen LogP contribution in [0.25, 0.3) is 0 Å². The first-order chi connectivity index (χ1) is 7.83. The van der Waals surface area contributed by atoms with Crippen molar-refractivity contribution in [3.8, 4) is 5.75 Å². The van der Waals surface area contributed by atoms with Crippen molar-refractivity contribution in [1.29, 1.82) is 0 Å². The van der Waals surface area contributed by atoms with Crippen molar-refractivity contribution >= 4 is 0 Å². The third kappa shape index (κ3) is 2.24. The molecule has 0 aliphatic rings. The van der Waals surface area contributed by atoms with E-state index in [4.69, 9.17) is 4.74 Å². The van der Waals surface area contributed by atoms with Gasteiger partial charge in [-0.25, -0.2) is 4.98 Å². The predicted molar refractivity (Wildman–Crippen MR) is 63.7 cm³/mol. The molecule has 0 radical (unpaired) electrons. The topological polar surface area (TPSA) is 27.1 Å². The lowest BCUT2D eigenvalue weighted by Gasteiger charge is -2.10. The second-order valence-electron chi connectivity index (χ2n) is 3.73. The first-order valence-corrected chi connectivity index (χ1v) is 5.45. The molecule has 0 saturated carbocycles. The molecule has 2 aromatic rings. The van der Waals surface area contributed by atoms with Gasteiger partial charge in [0.05, 0.1) is 20.0 Å². The van der Waals surface area contributed by atoms with E-state index in [-0.39, 0.29) is 0 Å². The van der Waals surface area contributed by atoms with Crippen molar-refractivity contribution in [2.75, 3.05) is 7.11 Å². The number of imidazole rings is 1. The highest BCUT2D eigenvalue weighted by Crippen LogP contribution is 2.21. The Morgan fingerprint density at radius 1 is 1.38 bits per heavy atom. The van der Waals surface area contributed by atoms with Gasteiger partial charge in [-0.05, 0) is 18.1 Å². The van der Waals surface area contributed by atoms with Gasteiger partial charge in [-0.15, -0.1) is 0 Å². The molecule has 1 aromatic carbocycles. The number of hydrogen-bond acceptors (Lipinski definition) is 2. The van der Waals surface area contributed by atoms with Crippen molar-refractivity contribution in [3.05, 3.63) is 48.0 Å². The Morgan fingerprint density at radius 3 is 2.88 bits per heavy atom. The molecule has 0 amide bonds. The highest BCUT2D eigenvalue weighted by molar-refractivity contribution is 5.37. The van der Waals surface area contributed by atoms with Gasteiger partial charge >= 0.3 is 0 Å². The van der Waals surface area contributed by atoms with Gasteiger partial charge in [0.2, 0.25) is 0 Å². The van der Waals surface area contributed by atoms with Crippen LogP contribution in [0.5, 0.6) is 5.75 Å². The summed E-state index contributed by atoms with van der Waals surface area (Å²) >= 11 is 0. The monoisotopic (exact) mass is 216 g/mol. The molecular formula is C13H16N2O. The van der Waals surface area contributed by atoms with Gasteiger partial charge in [-0.3, -0.25) is 0 Å². The summed E-state index contributed by atoms with van der Waals surface area (Å²) in [5.41, 5.74) is 2.52. The number of nitrogens with zero attached hydrogens (tertiary/aromatic N) is 2. The molecule has 0 atom stereocenters. The maximum atomic E-state index is 5.36. The normalized spacial score (nSPS) is 10.4. The third-order valence-electron chi connectivity index (χ3n) is 2.67. The zero-order valence-electron chi connectivity index (χ0n) is 9.68. The fourth-order valence-electron chi connectivity index (χ4n) is 1.75. The zero-order chi connectivity index (χ0) is 11.4. The van der Waals surface area contributed by atoms with Crippen molar-refractivity contribution in [2.24, 2.45) is 0 Å². The maximum absolute atomic E-state index is 5.36. The lowest BCUT2D eigenvalue weighted by atomic mass is 10.1. The van der Waals surface area contributed by atoms with Crippen molar-refractivity contribution in [1.82, 2.24) is 9.55 Å². The standard InChI is InChI=1S/C13H16N2O/c1-3-11-4-5-13(16-2)12(8-11)9-15-7-6-14-10-15/h4-8,10H,3,9H2,1-2H3. The Labute approximate surface area is 95.7 Å². The molecule has 0 aliphatic carbocycles. The van der Waals surface area contributed by atoms with Gasteiger partial charge < -0.3 is 9.30 Å². The molecule has 3 nitrogen and oxygen atoms in total. The van der Waals surface area contributed by atoms with Gasteiger partial charge in [0.25, 0.3) is 0 Å². The lowest BCUT2D eigenvalue weighted by molar-refractivity contribution is 0.408. The average molecular weight is 216 g/mol. The molecule has 2 rings (SSSR count). The summed E-state index contributed by atoms with van der Waals surface area (Å²) in [7, 11) is 1.71. The summed E-state index contributed by atoms with van der Waals surface area (Å²) in [6, 6.07) is 6.33. The number of rotatable bonds is 4. The van der Waals surface area contributed by atoms with Crippen LogP contribution >= 0.6 is 0 Å². The fourth-order valence-corrected chi connectivity index (χ4v) is 1.75. The average Bonchev–Trinajstić information content (AvgIpc) is 2.82. The summed E-state index contributed by atoms with van der Waals surface area (Å²) in [5.74, 6) is 0.936. The van der Waals surface area contributed by atoms with E-state index in [0.717, 1.165) is 18.7 Å². The second-order valence-corrected chi connectivity index (χ2v) is 3.73. The van der Waals surface area contributed by atoms with Gasteiger partial charge in [0.15, 0.2) is 0 Å². The van der Waals surface area contributed by atoms with Crippen LogP contribution in [0.15, 0.2) is 36.9 Å². The Balaban J connectivity index is 2.30. The number of ether oxygens (including phenoxy) is 1. The van der Waals surface area contributed by atoms with E-state index in [0.29, 0.717) is 0 Å². The summed E-state index contributed by atoms with van der Waals surface area (Å²) < 4.78 is 7.40. The minimum absolute atomic E-state index is 0.803. The predicted octanol–water partition coefficient (Wildman–Crippen LogP) is 2.50. The smallest absolute Gasteiger partial charge is 0.123 e. The molecule has 1 heterocycles. The summed E-state index contributed by atoms with van der Waals surface area (Å²) in [4.78, 5) is 4.04. The molecule has 84 valence electrons. The van der Waals surface area contributed by atoms with Gasteiger partial charge in [-0.2, -0.15) is 0 Å². The van der Waals surface area contributed by atoms with E-state index in [1.807, 2.05) is 23.2 Å². The molecule has 0 aliphatic heterocycles. The van der Waals surface area contributed by atoms with Crippen LogP contribution in [0.2, 0.25) is 0 Å². The van der Waals surface area contributed by atoms with Crippen LogP contribution in [-0.2, 0) is 13.0 Å². The largest absolute Gasteiger partial charge is 0.496 e. The summed E-state index contributed by atoms with van der Waals surface area (Å²) in [6.45, 7) is 2.96. The molecule has 0 unspecified atom stereocenters. The van der Waals surface area contributed by atoms with Crippen molar-refractivity contribution < 1.29 is 4.74 Å². The SMILES string of the molecule is CCc1ccc(OC)c(Cn2ccnc2)c1. The maximum Gasteiger partial charge on any atom is 0.123 e. The van der Waals surface area contributed by atoms with Gasteiger partial charge in [-0.1, -0.05) is 19.1 Å². The highest BCUT2D eigenvalue weighted by Gasteiger charge is 2.04. The van der Waals surface area contributed by atoms with Gasteiger partial charge in [0.1, 0.15) is 5.75 Å². The van der Waals surface area contributed by atoms with E-state index >= 15 is 0 Å². The summed E-state index contributed by atoms with van der Waals surface area (Å²) in [6.07, 6.45) is 6.60. The van der Waals surface area contributed by atoms with Crippen LogP contribution in [0.3, 0.4) is 0 Å². The van der Waals surface area contributed by atoms with Crippen molar-refractivity contribution in [3.63, 3.8) is 0 Å². The van der Waals surface area contributed by atoms with E-state index in [2.05, 4.69) is 24.0 Å². The third-order valence-corrected chi connectivity index (χ3v) is 2.67. The quantitative estimate of drug-likeness (QED) is 0.785. The van der Waals surface area contributed by atoms with Crippen LogP contribution in [0.4, 0.5) is 0 Å². The molecule has 0 fully saturated rings. The van der Waals surface area contributed by atoms with E-state index in [9.17, 15) is 0 Å².